The van der Waals surface area contributed by atoms with Gasteiger partial charge in [-0.1, -0.05) is 11.6 Å². The number of carbonyl (C=O) groups is 2. The lowest BCUT2D eigenvalue weighted by molar-refractivity contribution is -0.137. The lowest BCUT2D eigenvalue weighted by atomic mass is 9.97. The van der Waals surface area contributed by atoms with Crippen molar-refractivity contribution in [2.24, 2.45) is 0 Å². The molecule has 0 spiro atoms. The summed E-state index contributed by atoms with van der Waals surface area (Å²) in [4.78, 5) is 24.6. The Morgan fingerprint density at radius 3 is 2.76 bits per heavy atom. The van der Waals surface area contributed by atoms with E-state index in [1.165, 1.54) is 24.7 Å². The molecule has 21 heavy (non-hydrogen) atoms. The van der Waals surface area contributed by atoms with Gasteiger partial charge in [-0.15, -0.1) is 0 Å². The Morgan fingerprint density at radius 1 is 1.29 bits per heavy atom. The number of hydrogen-bond donors (Lipinski definition) is 1. The summed E-state index contributed by atoms with van der Waals surface area (Å²) in [5.74, 6) is -0.875. The average Bonchev–Trinajstić information content (AvgIpc) is 3.02. The highest BCUT2D eigenvalue weighted by Gasteiger charge is 2.19. The minimum atomic E-state index is -0.899. The van der Waals surface area contributed by atoms with Crippen LogP contribution in [0.25, 0.3) is 0 Å². The van der Waals surface area contributed by atoms with Crippen LogP contribution < -0.4 is 0 Å². The SMILES string of the molecule is O=C(O)CCN(CCC1=CCCCC1)C(=O)c1ccco1. The quantitative estimate of drug-likeness (QED) is 0.784. The molecule has 1 heterocycles. The molecule has 114 valence electrons. The molecule has 0 unspecified atom stereocenters. The van der Waals surface area contributed by atoms with Crippen LogP contribution in [0, 0.1) is 0 Å². The Hall–Kier alpha value is -2.04. The van der Waals surface area contributed by atoms with E-state index in [1.807, 2.05) is 0 Å². The van der Waals surface area contributed by atoms with E-state index in [1.54, 1.807) is 17.0 Å². The molecular formula is C16H21NO4. The molecule has 1 aromatic heterocycles. The third kappa shape index (κ3) is 4.77. The molecule has 0 fully saturated rings. The van der Waals surface area contributed by atoms with Crippen molar-refractivity contribution in [3.63, 3.8) is 0 Å². The van der Waals surface area contributed by atoms with E-state index in [0.29, 0.717) is 6.54 Å². The van der Waals surface area contributed by atoms with Crippen molar-refractivity contribution in [3.05, 3.63) is 35.8 Å². The first-order valence-electron chi connectivity index (χ1n) is 7.39. The zero-order chi connectivity index (χ0) is 15.1. The standard InChI is InChI=1S/C16H21NO4/c18-15(19)9-11-17(16(20)14-7-4-12-21-14)10-8-13-5-2-1-3-6-13/h4-5,7,12H,1-3,6,8-11H2,(H,18,19). The molecule has 0 saturated carbocycles. The van der Waals surface area contributed by atoms with Crippen molar-refractivity contribution in [2.75, 3.05) is 13.1 Å². The number of amides is 1. The summed E-state index contributed by atoms with van der Waals surface area (Å²) in [6, 6.07) is 3.27. The van der Waals surface area contributed by atoms with Crippen LogP contribution in [0.1, 0.15) is 49.1 Å². The Kier molecular flexibility index (Phi) is 5.60. The Balaban J connectivity index is 1.95. The minimum absolute atomic E-state index is 0.0501. The average molecular weight is 291 g/mol. The fraction of sp³-hybridized carbons (Fsp3) is 0.500. The predicted molar refractivity (Wildman–Crippen MR) is 78.0 cm³/mol. The van der Waals surface area contributed by atoms with Crippen LogP contribution in [0.3, 0.4) is 0 Å². The van der Waals surface area contributed by atoms with E-state index in [2.05, 4.69) is 6.08 Å². The normalized spacial score (nSPS) is 14.6. The second-order valence-corrected chi connectivity index (χ2v) is 5.27. The highest BCUT2D eigenvalue weighted by molar-refractivity contribution is 5.91. The smallest absolute Gasteiger partial charge is 0.305 e. The van der Waals surface area contributed by atoms with Crippen molar-refractivity contribution in [2.45, 2.75) is 38.5 Å². The van der Waals surface area contributed by atoms with Crippen LogP contribution in [-0.2, 0) is 4.79 Å². The highest BCUT2D eigenvalue weighted by atomic mass is 16.4. The Bertz CT molecular complexity index is 504. The van der Waals surface area contributed by atoms with E-state index >= 15 is 0 Å². The maximum Gasteiger partial charge on any atom is 0.305 e. The minimum Gasteiger partial charge on any atom is -0.481 e. The van der Waals surface area contributed by atoms with Crippen LogP contribution in [-0.4, -0.2) is 35.0 Å². The van der Waals surface area contributed by atoms with Crippen LogP contribution in [0.4, 0.5) is 0 Å². The molecule has 1 N–H and O–H groups in total. The van der Waals surface area contributed by atoms with Gasteiger partial charge in [-0.25, -0.2) is 0 Å². The number of hydrogen-bond acceptors (Lipinski definition) is 3. The summed E-state index contributed by atoms with van der Waals surface area (Å²) in [6.07, 6.45) is 9.09. The maximum atomic E-state index is 12.3. The zero-order valence-electron chi connectivity index (χ0n) is 12.1. The van der Waals surface area contributed by atoms with Crippen LogP contribution in [0.5, 0.6) is 0 Å². The number of furan rings is 1. The first kappa shape index (κ1) is 15.4. The fourth-order valence-electron chi connectivity index (χ4n) is 2.51. The molecule has 1 aliphatic carbocycles. The van der Waals surface area contributed by atoms with E-state index in [9.17, 15) is 9.59 Å². The molecule has 0 bridgehead atoms. The van der Waals surface area contributed by atoms with Crippen molar-refractivity contribution in [1.29, 1.82) is 0 Å². The summed E-state index contributed by atoms with van der Waals surface area (Å²) >= 11 is 0. The monoisotopic (exact) mass is 291 g/mol. The molecule has 1 amide bonds. The summed E-state index contributed by atoms with van der Waals surface area (Å²) < 4.78 is 5.12. The number of rotatable bonds is 7. The second kappa shape index (κ2) is 7.67. The maximum absolute atomic E-state index is 12.3. The molecule has 1 aromatic rings. The van der Waals surface area contributed by atoms with Crippen LogP contribution >= 0.6 is 0 Å². The van der Waals surface area contributed by atoms with E-state index in [-0.39, 0.29) is 24.6 Å². The Labute approximate surface area is 124 Å². The number of nitrogens with zero attached hydrogens (tertiary/aromatic N) is 1. The number of carboxylic acid groups (broad SMARTS) is 1. The molecule has 1 aliphatic rings. The van der Waals surface area contributed by atoms with Gasteiger partial charge in [-0.2, -0.15) is 0 Å². The number of aliphatic carboxylic acids is 1. The molecule has 2 rings (SSSR count). The van der Waals surface area contributed by atoms with Gasteiger partial charge in [0.15, 0.2) is 5.76 Å². The largest absolute Gasteiger partial charge is 0.481 e. The lowest BCUT2D eigenvalue weighted by Gasteiger charge is -2.22. The fourth-order valence-corrected chi connectivity index (χ4v) is 2.51. The molecule has 0 aromatic carbocycles. The summed E-state index contributed by atoms with van der Waals surface area (Å²) in [6.45, 7) is 0.751. The zero-order valence-corrected chi connectivity index (χ0v) is 12.1. The van der Waals surface area contributed by atoms with Gasteiger partial charge in [-0.3, -0.25) is 9.59 Å². The number of allylic oxidation sites excluding steroid dienone is 1. The Morgan fingerprint density at radius 2 is 2.14 bits per heavy atom. The summed E-state index contributed by atoms with van der Waals surface area (Å²) in [5.41, 5.74) is 1.37. The molecule has 0 radical (unpaired) electrons. The molecular weight excluding hydrogens is 270 g/mol. The number of carboxylic acids is 1. The number of carbonyl (C=O) groups excluding carboxylic acids is 1. The second-order valence-electron chi connectivity index (χ2n) is 5.27. The first-order valence-corrected chi connectivity index (χ1v) is 7.39. The third-order valence-corrected chi connectivity index (χ3v) is 3.70. The van der Waals surface area contributed by atoms with Gasteiger partial charge >= 0.3 is 5.97 Å². The van der Waals surface area contributed by atoms with Crippen LogP contribution in [0.15, 0.2) is 34.5 Å². The molecule has 0 atom stereocenters. The van der Waals surface area contributed by atoms with E-state index < -0.39 is 5.97 Å². The lowest BCUT2D eigenvalue weighted by Crippen LogP contribution is -2.34. The van der Waals surface area contributed by atoms with Gasteiger partial charge in [0.25, 0.3) is 5.91 Å². The third-order valence-electron chi connectivity index (χ3n) is 3.70. The van der Waals surface area contributed by atoms with Gasteiger partial charge in [-0.05, 0) is 44.2 Å². The van der Waals surface area contributed by atoms with Crippen molar-refractivity contribution in [3.8, 4) is 0 Å². The van der Waals surface area contributed by atoms with E-state index in [0.717, 1.165) is 19.3 Å². The molecule has 0 aliphatic heterocycles. The van der Waals surface area contributed by atoms with Crippen molar-refractivity contribution >= 4 is 11.9 Å². The topological polar surface area (TPSA) is 70.8 Å². The molecule has 5 nitrogen and oxygen atoms in total. The predicted octanol–water partition coefficient (Wildman–Crippen LogP) is 3.09. The van der Waals surface area contributed by atoms with Gasteiger partial charge in [0.1, 0.15) is 0 Å². The van der Waals surface area contributed by atoms with E-state index in [4.69, 9.17) is 9.52 Å². The van der Waals surface area contributed by atoms with Gasteiger partial charge in [0.05, 0.1) is 12.7 Å². The molecule has 5 heteroatoms. The molecule has 0 saturated heterocycles. The first-order chi connectivity index (χ1) is 10.2. The summed E-state index contributed by atoms with van der Waals surface area (Å²) in [7, 11) is 0. The highest BCUT2D eigenvalue weighted by Crippen LogP contribution is 2.20. The van der Waals surface area contributed by atoms with Crippen LogP contribution in [0.2, 0.25) is 0 Å². The van der Waals surface area contributed by atoms with Crippen molar-refractivity contribution < 1.29 is 19.1 Å². The van der Waals surface area contributed by atoms with Gasteiger partial charge in [0.2, 0.25) is 0 Å². The van der Waals surface area contributed by atoms with Crippen molar-refractivity contribution in [1.82, 2.24) is 4.90 Å². The van der Waals surface area contributed by atoms with Gasteiger partial charge < -0.3 is 14.4 Å². The van der Waals surface area contributed by atoms with Gasteiger partial charge in [0, 0.05) is 13.1 Å². The summed E-state index contributed by atoms with van der Waals surface area (Å²) in [5, 5.41) is 8.82.